The van der Waals surface area contributed by atoms with Gasteiger partial charge in [0, 0.05) is 32.2 Å². The van der Waals surface area contributed by atoms with Gasteiger partial charge in [0.05, 0.1) is 24.3 Å². The van der Waals surface area contributed by atoms with Crippen molar-refractivity contribution in [2.24, 2.45) is 11.8 Å². The van der Waals surface area contributed by atoms with Gasteiger partial charge in [0.2, 0.25) is 0 Å². The molecule has 3 unspecified atom stereocenters. The van der Waals surface area contributed by atoms with Crippen molar-refractivity contribution in [1.29, 1.82) is 0 Å². The van der Waals surface area contributed by atoms with Crippen LogP contribution in [0.1, 0.15) is 36.0 Å². The summed E-state index contributed by atoms with van der Waals surface area (Å²) in [6.45, 7) is 3.07. The maximum absolute atomic E-state index is 12.6. The van der Waals surface area contributed by atoms with Crippen molar-refractivity contribution < 1.29 is 14.3 Å². The number of rotatable bonds is 5. The fraction of sp³-hybridized carbons (Fsp3) is 0.706. The second kappa shape index (κ2) is 6.05. The molecule has 0 spiro atoms. The van der Waals surface area contributed by atoms with Crippen molar-refractivity contribution in [1.82, 2.24) is 9.88 Å². The molecule has 3 fully saturated rings. The molecule has 1 N–H and O–H groups in total. The summed E-state index contributed by atoms with van der Waals surface area (Å²) in [5, 5.41) is 0. The van der Waals surface area contributed by atoms with E-state index in [-0.39, 0.29) is 18.1 Å². The van der Waals surface area contributed by atoms with Crippen LogP contribution in [-0.4, -0.2) is 54.3 Å². The Morgan fingerprint density at radius 2 is 2.18 bits per heavy atom. The third kappa shape index (κ3) is 2.92. The maximum atomic E-state index is 12.6. The second-order valence-electron chi connectivity index (χ2n) is 6.89. The predicted molar refractivity (Wildman–Crippen MR) is 81.6 cm³/mol. The highest BCUT2D eigenvalue weighted by atomic mass is 16.5. The average Bonchev–Trinajstić information content (AvgIpc) is 3.04. The number of H-pyrrole nitrogens is 1. The van der Waals surface area contributed by atoms with Crippen molar-refractivity contribution in [3.63, 3.8) is 0 Å². The van der Waals surface area contributed by atoms with E-state index >= 15 is 0 Å². The van der Waals surface area contributed by atoms with Gasteiger partial charge in [0.15, 0.2) is 0 Å². The van der Waals surface area contributed by atoms with Gasteiger partial charge >= 0.3 is 0 Å². The molecule has 1 amide bonds. The maximum Gasteiger partial charge on any atom is 0.255 e. The number of fused-ring (bicyclic) bond motifs is 1. The predicted octanol–water partition coefficient (Wildman–Crippen LogP) is 2.06. The van der Waals surface area contributed by atoms with Crippen LogP contribution in [-0.2, 0) is 9.47 Å². The molecule has 0 radical (unpaired) electrons. The van der Waals surface area contributed by atoms with Crippen molar-refractivity contribution in [3.8, 4) is 0 Å². The van der Waals surface area contributed by atoms with E-state index in [1.54, 1.807) is 12.4 Å². The normalized spacial score (nSPS) is 31.3. The Labute approximate surface area is 131 Å². The van der Waals surface area contributed by atoms with E-state index in [1.807, 2.05) is 11.0 Å². The van der Waals surface area contributed by atoms with E-state index in [4.69, 9.17) is 9.47 Å². The number of morpholine rings is 1. The Morgan fingerprint density at radius 1 is 1.32 bits per heavy atom. The lowest BCUT2D eigenvalue weighted by Gasteiger charge is -2.37. The lowest BCUT2D eigenvalue weighted by Crippen LogP contribution is -2.51. The zero-order chi connectivity index (χ0) is 14.9. The summed E-state index contributed by atoms with van der Waals surface area (Å²) >= 11 is 0. The summed E-state index contributed by atoms with van der Waals surface area (Å²) in [4.78, 5) is 17.6. The number of carbonyl (C=O) groups excluding carboxylic acids is 1. The largest absolute Gasteiger partial charge is 0.381 e. The lowest BCUT2D eigenvalue weighted by molar-refractivity contribution is -0.0450. The van der Waals surface area contributed by atoms with Crippen LogP contribution >= 0.6 is 0 Å². The number of nitrogens with one attached hydrogen (secondary N) is 1. The molecule has 3 aliphatic rings. The molecule has 3 atom stereocenters. The number of hydrogen-bond donors (Lipinski definition) is 1. The van der Waals surface area contributed by atoms with Crippen LogP contribution in [0.4, 0.5) is 0 Å². The minimum Gasteiger partial charge on any atom is -0.381 e. The van der Waals surface area contributed by atoms with E-state index in [1.165, 1.54) is 12.8 Å². The highest BCUT2D eigenvalue weighted by Crippen LogP contribution is 2.36. The van der Waals surface area contributed by atoms with E-state index < -0.39 is 0 Å². The average molecular weight is 304 g/mol. The molecule has 2 heterocycles. The van der Waals surface area contributed by atoms with Crippen LogP contribution in [0.2, 0.25) is 0 Å². The van der Waals surface area contributed by atoms with Gasteiger partial charge in [-0.25, -0.2) is 0 Å². The van der Waals surface area contributed by atoms with Crippen molar-refractivity contribution >= 4 is 5.91 Å². The number of aromatic nitrogens is 1. The monoisotopic (exact) mass is 304 g/mol. The Kier molecular flexibility index (Phi) is 3.92. The van der Waals surface area contributed by atoms with Crippen molar-refractivity contribution in [3.05, 3.63) is 24.0 Å². The number of hydrogen-bond acceptors (Lipinski definition) is 3. The first kappa shape index (κ1) is 14.3. The Bertz CT molecular complexity index is 512. The summed E-state index contributed by atoms with van der Waals surface area (Å²) in [6, 6.07) is 2.06. The van der Waals surface area contributed by atoms with Crippen LogP contribution < -0.4 is 0 Å². The zero-order valence-corrected chi connectivity index (χ0v) is 12.9. The molecular weight excluding hydrogens is 280 g/mol. The van der Waals surface area contributed by atoms with Crippen LogP contribution in [0.15, 0.2) is 18.5 Å². The molecule has 2 aliphatic carbocycles. The van der Waals surface area contributed by atoms with Crippen LogP contribution in [0.5, 0.6) is 0 Å². The van der Waals surface area contributed by atoms with Gasteiger partial charge in [0.1, 0.15) is 0 Å². The van der Waals surface area contributed by atoms with Gasteiger partial charge < -0.3 is 19.4 Å². The lowest BCUT2D eigenvalue weighted by atomic mass is 10.1. The molecule has 5 nitrogen and oxygen atoms in total. The van der Waals surface area contributed by atoms with E-state index in [2.05, 4.69) is 4.98 Å². The molecule has 0 aromatic carbocycles. The fourth-order valence-corrected chi connectivity index (χ4v) is 3.75. The molecule has 5 heteroatoms. The quantitative estimate of drug-likeness (QED) is 0.906. The first-order valence-corrected chi connectivity index (χ1v) is 8.44. The summed E-state index contributed by atoms with van der Waals surface area (Å²) < 4.78 is 11.8. The SMILES string of the molecule is O=C(c1cc[nH]c1)N1CCOC2CC(COCC3CC3)CC21. The zero-order valence-electron chi connectivity index (χ0n) is 12.9. The number of ether oxygens (including phenoxy) is 2. The molecule has 1 saturated heterocycles. The first-order valence-electron chi connectivity index (χ1n) is 8.44. The molecule has 2 saturated carbocycles. The summed E-state index contributed by atoms with van der Waals surface area (Å²) in [5.41, 5.74) is 0.745. The molecule has 22 heavy (non-hydrogen) atoms. The topological polar surface area (TPSA) is 54.6 Å². The molecule has 0 bridgehead atoms. The van der Waals surface area contributed by atoms with Crippen molar-refractivity contribution in [2.45, 2.75) is 37.8 Å². The minimum absolute atomic E-state index is 0.124. The van der Waals surface area contributed by atoms with Gasteiger partial charge in [-0.3, -0.25) is 4.79 Å². The first-order chi connectivity index (χ1) is 10.8. The molecular formula is C17H24N2O3. The van der Waals surface area contributed by atoms with Crippen LogP contribution in [0.3, 0.4) is 0 Å². The van der Waals surface area contributed by atoms with Gasteiger partial charge in [-0.15, -0.1) is 0 Å². The van der Waals surface area contributed by atoms with E-state index in [0.717, 1.165) is 37.5 Å². The van der Waals surface area contributed by atoms with E-state index in [9.17, 15) is 4.79 Å². The van der Waals surface area contributed by atoms with Gasteiger partial charge in [-0.05, 0) is 43.6 Å². The molecule has 4 rings (SSSR count). The third-order valence-electron chi connectivity index (χ3n) is 5.14. The Morgan fingerprint density at radius 3 is 2.95 bits per heavy atom. The molecule has 120 valence electrons. The second-order valence-corrected chi connectivity index (χ2v) is 6.89. The standard InChI is InChI=1S/C17H24N2O3/c20-17(14-3-4-18-9-14)19-5-6-22-16-8-13(7-15(16)19)11-21-10-12-1-2-12/h3-4,9,12-13,15-16,18H,1-2,5-8,10-11H2. The minimum atomic E-state index is 0.124. The number of aromatic amines is 1. The fourth-order valence-electron chi connectivity index (χ4n) is 3.75. The van der Waals surface area contributed by atoms with Crippen LogP contribution in [0, 0.1) is 11.8 Å². The molecule has 1 aromatic heterocycles. The number of amides is 1. The highest BCUT2D eigenvalue weighted by molar-refractivity contribution is 5.94. The van der Waals surface area contributed by atoms with Gasteiger partial charge in [-0.1, -0.05) is 0 Å². The summed E-state index contributed by atoms with van der Waals surface area (Å²) in [6.07, 6.45) is 8.45. The third-order valence-corrected chi connectivity index (χ3v) is 5.14. The smallest absolute Gasteiger partial charge is 0.255 e. The van der Waals surface area contributed by atoms with E-state index in [0.29, 0.717) is 19.1 Å². The van der Waals surface area contributed by atoms with Crippen molar-refractivity contribution in [2.75, 3.05) is 26.4 Å². The van der Waals surface area contributed by atoms with Gasteiger partial charge in [0.25, 0.3) is 5.91 Å². The Hall–Kier alpha value is -1.33. The summed E-state index contributed by atoms with van der Waals surface area (Å²) in [5.74, 6) is 1.46. The Balaban J connectivity index is 1.36. The number of carbonyl (C=O) groups is 1. The van der Waals surface area contributed by atoms with Gasteiger partial charge in [-0.2, -0.15) is 0 Å². The van der Waals surface area contributed by atoms with Crippen LogP contribution in [0.25, 0.3) is 0 Å². The molecule has 1 aliphatic heterocycles. The molecule has 1 aromatic rings. The highest BCUT2D eigenvalue weighted by Gasteiger charge is 2.43. The summed E-state index contributed by atoms with van der Waals surface area (Å²) in [7, 11) is 0. The number of nitrogens with zero attached hydrogens (tertiary/aromatic N) is 1.